The largest absolute Gasteiger partial charge is 0.484 e. The van der Waals surface area contributed by atoms with Crippen LogP contribution in [0.3, 0.4) is 0 Å². The summed E-state index contributed by atoms with van der Waals surface area (Å²) in [5.41, 5.74) is -0.501. The molecule has 2 bridgehead atoms. The zero-order chi connectivity index (χ0) is 31.9. The second-order valence-corrected chi connectivity index (χ2v) is 15.0. The number of aromatic amines is 1. The highest BCUT2D eigenvalue weighted by molar-refractivity contribution is 8.00. The third kappa shape index (κ3) is 4.63. The zero-order valence-electron chi connectivity index (χ0n) is 24.5. The number of nitrogens with zero attached hydrogens (tertiary/aromatic N) is 2. The van der Waals surface area contributed by atoms with Crippen molar-refractivity contribution in [2.45, 2.75) is 48.1 Å². The second-order valence-electron chi connectivity index (χ2n) is 12.8. The number of ether oxygens (including phenoxy) is 1. The first-order chi connectivity index (χ1) is 22.1. The van der Waals surface area contributed by atoms with E-state index in [9.17, 15) is 32.3 Å². The van der Waals surface area contributed by atoms with Gasteiger partial charge in [0.1, 0.15) is 5.75 Å². The highest BCUT2D eigenvalue weighted by atomic mass is 32.2. The molecule has 13 heteroatoms. The molecule has 46 heavy (non-hydrogen) atoms. The molecule has 2 aromatic carbocycles. The van der Waals surface area contributed by atoms with Gasteiger partial charge in [0.2, 0.25) is 11.8 Å². The van der Waals surface area contributed by atoms with Gasteiger partial charge in [0, 0.05) is 29.1 Å². The fraction of sp³-hybridized carbons (Fsp3) is 0.455. The maximum absolute atomic E-state index is 14.0. The average Bonchev–Trinajstić information content (AvgIpc) is 3.79. The van der Waals surface area contributed by atoms with Gasteiger partial charge in [0.15, 0.2) is 6.61 Å². The summed E-state index contributed by atoms with van der Waals surface area (Å²) in [4.78, 5) is 59.2. The Morgan fingerprint density at radius 1 is 0.935 bits per heavy atom. The van der Waals surface area contributed by atoms with Crippen LogP contribution in [0.15, 0.2) is 58.4 Å². The maximum Gasteiger partial charge on any atom is 0.418 e. The molecule has 0 unspecified atom stereocenters. The Balaban J connectivity index is 1.09. The molecule has 4 heterocycles. The number of likely N-dealkylation sites (tertiary alicyclic amines) is 1. The van der Waals surface area contributed by atoms with Crippen molar-refractivity contribution in [3.05, 3.63) is 74.2 Å². The SMILES string of the molecule is O=C(COc1ccc([C@@H]2c3sc(=O)[nH]c3S[C@@H]3[C@@H]4C[C@@H]([C@@H]5C(=O)N(c6ccccc6C(F)(F)F)C(=O)[C@@H]45)[C@H]23)cc1)N1CCCCC1. The summed E-state index contributed by atoms with van der Waals surface area (Å²) in [6.45, 7) is 1.44. The third-order valence-corrected chi connectivity index (χ3v) is 13.1. The number of carbonyl (C=O) groups is 3. The van der Waals surface area contributed by atoms with Gasteiger partial charge < -0.3 is 14.6 Å². The number of thioether (sulfide) groups is 1. The quantitative estimate of drug-likeness (QED) is 0.359. The average molecular weight is 670 g/mol. The minimum atomic E-state index is -4.72. The van der Waals surface area contributed by atoms with Crippen LogP contribution in [0.1, 0.15) is 47.6 Å². The van der Waals surface area contributed by atoms with Gasteiger partial charge in [-0.2, -0.15) is 13.2 Å². The van der Waals surface area contributed by atoms with Crippen LogP contribution in [0.5, 0.6) is 5.75 Å². The minimum absolute atomic E-state index is 0.0446. The number of carbonyl (C=O) groups excluding carboxylic acids is 3. The molecule has 1 N–H and O–H groups in total. The van der Waals surface area contributed by atoms with Crippen LogP contribution < -0.4 is 14.5 Å². The molecule has 1 aromatic heterocycles. The third-order valence-electron chi connectivity index (χ3n) is 10.5. The second kappa shape index (κ2) is 11.0. The van der Waals surface area contributed by atoms with E-state index in [2.05, 4.69) is 4.98 Å². The predicted molar refractivity (Wildman–Crippen MR) is 165 cm³/mol. The number of H-pyrrole nitrogens is 1. The lowest BCUT2D eigenvalue weighted by Crippen LogP contribution is -2.42. The van der Waals surface area contributed by atoms with Gasteiger partial charge in [0.05, 0.1) is 28.1 Å². The molecule has 7 atom stereocenters. The molecule has 240 valence electrons. The van der Waals surface area contributed by atoms with Crippen LogP contribution in [0, 0.1) is 29.6 Å². The number of benzene rings is 2. The molecule has 2 saturated heterocycles. The smallest absolute Gasteiger partial charge is 0.418 e. The number of hydrogen-bond donors (Lipinski definition) is 1. The van der Waals surface area contributed by atoms with E-state index in [0.29, 0.717) is 12.2 Å². The van der Waals surface area contributed by atoms with Crippen molar-refractivity contribution in [1.82, 2.24) is 9.88 Å². The molecule has 0 radical (unpaired) electrons. The molecule has 4 fully saturated rings. The minimum Gasteiger partial charge on any atom is -0.484 e. The number of hydrogen-bond acceptors (Lipinski definition) is 7. The first kappa shape index (κ1) is 29.8. The number of rotatable bonds is 5. The number of alkyl halides is 3. The van der Waals surface area contributed by atoms with Gasteiger partial charge in [0.25, 0.3) is 5.91 Å². The molecule has 2 aliphatic carbocycles. The number of amides is 3. The fourth-order valence-corrected chi connectivity index (χ4v) is 11.6. The van der Waals surface area contributed by atoms with Crippen LogP contribution >= 0.6 is 23.1 Å². The Morgan fingerprint density at radius 3 is 2.35 bits per heavy atom. The van der Waals surface area contributed by atoms with Gasteiger partial charge in [-0.1, -0.05) is 35.6 Å². The predicted octanol–water partition coefficient (Wildman–Crippen LogP) is 5.52. The summed E-state index contributed by atoms with van der Waals surface area (Å²) in [6, 6.07) is 12.2. The monoisotopic (exact) mass is 669 g/mol. The Kier molecular flexibility index (Phi) is 7.13. The molecule has 3 aromatic rings. The number of piperidine rings is 1. The van der Waals surface area contributed by atoms with Crippen molar-refractivity contribution in [2.24, 2.45) is 29.6 Å². The highest BCUT2D eigenvalue weighted by Crippen LogP contribution is 2.68. The summed E-state index contributed by atoms with van der Waals surface area (Å²) < 4.78 is 47.6. The van der Waals surface area contributed by atoms with E-state index >= 15 is 0 Å². The van der Waals surface area contributed by atoms with E-state index < -0.39 is 41.1 Å². The van der Waals surface area contributed by atoms with E-state index in [4.69, 9.17) is 4.74 Å². The normalized spacial score (nSPS) is 29.9. The van der Waals surface area contributed by atoms with E-state index in [1.165, 1.54) is 30.0 Å². The van der Waals surface area contributed by atoms with Crippen LogP contribution in [0.25, 0.3) is 0 Å². The number of halogens is 3. The lowest BCUT2D eigenvalue weighted by Gasteiger charge is -2.43. The van der Waals surface area contributed by atoms with Crippen molar-refractivity contribution < 1.29 is 32.3 Å². The Hall–Kier alpha value is -3.58. The van der Waals surface area contributed by atoms with Crippen molar-refractivity contribution in [3.63, 3.8) is 0 Å². The van der Waals surface area contributed by atoms with E-state index in [-0.39, 0.29) is 46.3 Å². The van der Waals surface area contributed by atoms with E-state index in [1.807, 2.05) is 17.0 Å². The summed E-state index contributed by atoms with van der Waals surface area (Å²) in [5.74, 6) is -2.86. The summed E-state index contributed by atoms with van der Waals surface area (Å²) in [5, 5.41) is 0.649. The summed E-state index contributed by atoms with van der Waals surface area (Å²) in [7, 11) is 0. The number of fused-ring (bicyclic) bond motifs is 9. The molecule has 2 saturated carbocycles. The molecule has 3 aliphatic heterocycles. The van der Waals surface area contributed by atoms with E-state index in [0.717, 1.165) is 70.1 Å². The lowest BCUT2D eigenvalue weighted by atomic mass is 9.68. The molecular formula is C33H30F3N3O5S2. The van der Waals surface area contributed by atoms with Gasteiger partial charge in [-0.25, -0.2) is 4.90 Å². The topological polar surface area (TPSA) is 99.8 Å². The van der Waals surface area contributed by atoms with Crippen molar-refractivity contribution >= 4 is 46.5 Å². The Labute approximate surface area is 270 Å². The molecule has 8 nitrogen and oxygen atoms in total. The van der Waals surface area contributed by atoms with Crippen LogP contribution in [-0.4, -0.2) is 52.6 Å². The lowest BCUT2D eigenvalue weighted by molar-refractivity contribution is -0.137. The first-order valence-corrected chi connectivity index (χ1v) is 17.3. The number of imide groups is 1. The van der Waals surface area contributed by atoms with Crippen LogP contribution in [0.2, 0.25) is 0 Å². The molecule has 5 aliphatic rings. The molecular weight excluding hydrogens is 640 g/mol. The van der Waals surface area contributed by atoms with Gasteiger partial charge in [-0.3, -0.25) is 19.2 Å². The number of thiazole rings is 1. The van der Waals surface area contributed by atoms with Gasteiger partial charge >= 0.3 is 11.0 Å². The van der Waals surface area contributed by atoms with Crippen molar-refractivity contribution in [1.29, 1.82) is 0 Å². The standard InChI is InChI=1S/C33H30F3N3O5S2/c34-33(35,36)20-6-2-3-7-21(20)39-30(41)25-18-14-19(26(25)31(39)42)27-24(18)23(28-29(45-27)37-32(43)46-28)16-8-10-17(11-9-16)44-15-22(40)38-12-4-1-5-13-38/h2-3,6-11,18-19,23-27H,1,4-5,12-15H2,(H,37,43)/t18-,19-,23+,24-,25+,26+,27-/m1/s1. The Morgan fingerprint density at radius 2 is 1.63 bits per heavy atom. The zero-order valence-corrected chi connectivity index (χ0v) is 26.1. The molecule has 3 amide bonds. The number of nitrogens with one attached hydrogen (secondary N) is 1. The van der Waals surface area contributed by atoms with Crippen molar-refractivity contribution in [3.8, 4) is 5.75 Å². The Bertz CT molecular complexity index is 1780. The number of para-hydroxylation sites is 1. The van der Waals surface area contributed by atoms with Crippen LogP contribution in [0.4, 0.5) is 18.9 Å². The maximum atomic E-state index is 14.0. The van der Waals surface area contributed by atoms with Gasteiger partial charge in [-0.15, -0.1) is 11.8 Å². The molecule has 8 rings (SSSR count). The number of anilines is 1. The number of aromatic nitrogens is 1. The summed E-state index contributed by atoms with van der Waals surface area (Å²) >= 11 is 2.65. The summed E-state index contributed by atoms with van der Waals surface area (Å²) in [6.07, 6.45) is -0.975. The fourth-order valence-electron chi connectivity index (χ4n) is 8.69. The van der Waals surface area contributed by atoms with Crippen molar-refractivity contribution in [2.75, 3.05) is 24.6 Å². The first-order valence-electron chi connectivity index (χ1n) is 15.6. The van der Waals surface area contributed by atoms with Crippen LogP contribution in [-0.2, 0) is 20.6 Å². The molecule has 0 spiro atoms. The van der Waals surface area contributed by atoms with E-state index in [1.54, 1.807) is 12.1 Å². The highest BCUT2D eigenvalue weighted by Gasteiger charge is 2.70. The van der Waals surface area contributed by atoms with Gasteiger partial charge in [-0.05, 0) is 73.3 Å².